The average Bonchev–Trinajstić information content (AvgIpc) is 2.23. The maximum absolute atomic E-state index is 11.8. The van der Waals surface area contributed by atoms with Crippen molar-refractivity contribution in [3.05, 3.63) is 33.1 Å². The third kappa shape index (κ3) is 3.06. The Morgan fingerprint density at radius 2 is 2.06 bits per heavy atom. The lowest BCUT2D eigenvalue weighted by atomic mass is 10.5. The topological polar surface area (TPSA) is 53.2 Å². The molecule has 0 aromatic carbocycles. The molecule has 90 valence electrons. The summed E-state index contributed by atoms with van der Waals surface area (Å²) < 4.78 is 8.02. The SMILES string of the molecule is CCn1ccc(=O)n(CCOC(C)C)c1=O. The molecule has 1 rings (SSSR count). The number of rotatable bonds is 5. The van der Waals surface area contributed by atoms with Gasteiger partial charge >= 0.3 is 5.69 Å². The largest absolute Gasteiger partial charge is 0.377 e. The van der Waals surface area contributed by atoms with Gasteiger partial charge in [0, 0.05) is 18.8 Å². The second-order valence-corrected chi connectivity index (χ2v) is 3.79. The number of nitrogens with zero attached hydrogens (tertiary/aromatic N) is 2. The van der Waals surface area contributed by atoms with Crippen molar-refractivity contribution >= 4 is 0 Å². The molecule has 0 saturated heterocycles. The van der Waals surface area contributed by atoms with Crippen LogP contribution in [0.25, 0.3) is 0 Å². The lowest BCUT2D eigenvalue weighted by Crippen LogP contribution is -2.39. The molecule has 0 aliphatic heterocycles. The zero-order chi connectivity index (χ0) is 12.1. The second-order valence-electron chi connectivity index (χ2n) is 3.79. The van der Waals surface area contributed by atoms with Gasteiger partial charge in [0.2, 0.25) is 0 Å². The van der Waals surface area contributed by atoms with Gasteiger partial charge in [-0.2, -0.15) is 0 Å². The summed E-state index contributed by atoms with van der Waals surface area (Å²) in [5, 5.41) is 0. The molecule has 5 nitrogen and oxygen atoms in total. The first-order valence-electron chi connectivity index (χ1n) is 5.48. The molecule has 0 unspecified atom stereocenters. The Morgan fingerprint density at radius 3 is 2.62 bits per heavy atom. The van der Waals surface area contributed by atoms with Crippen LogP contribution in [0.4, 0.5) is 0 Å². The van der Waals surface area contributed by atoms with Gasteiger partial charge in [-0.25, -0.2) is 4.79 Å². The summed E-state index contributed by atoms with van der Waals surface area (Å²) in [6.07, 6.45) is 1.62. The lowest BCUT2D eigenvalue weighted by Gasteiger charge is -2.10. The molecule has 0 atom stereocenters. The van der Waals surface area contributed by atoms with Crippen molar-refractivity contribution in [3.63, 3.8) is 0 Å². The standard InChI is InChI=1S/C11H18N2O3/c1-4-12-6-5-10(14)13(11(12)15)7-8-16-9(2)3/h5-6,9H,4,7-8H2,1-3H3. The van der Waals surface area contributed by atoms with E-state index in [1.807, 2.05) is 20.8 Å². The maximum Gasteiger partial charge on any atom is 0.331 e. The highest BCUT2D eigenvalue weighted by Crippen LogP contribution is 1.87. The molecule has 0 aliphatic rings. The fourth-order valence-corrected chi connectivity index (χ4v) is 1.38. The van der Waals surface area contributed by atoms with E-state index >= 15 is 0 Å². The van der Waals surface area contributed by atoms with Crippen LogP contribution in [0.2, 0.25) is 0 Å². The van der Waals surface area contributed by atoms with E-state index < -0.39 is 0 Å². The van der Waals surface area contributed by atoms with Crippen molar-refractivity contribution in [3.8, 4) is 0 Å². The molecule has 0 saturated carbocycles. The van der Waals surface area contributed by atoms with Gasteiger partial charge in [0.1, 0.15) is 0 Å². The van der Waals surface area contributed by atoms with Gasteiger partial charge in [-0.3, -0.25) is 9.36 Å². The van der Waals surface area contributed by atoms with Crippen molar-refractivity contribution in [1.29, 1.82) is 0 Å². The quantitative estimate of drug-likeness (QED) is 0.732. The fraction of sp³-hybridized carbons (Fsp3) is 0.636. The van der Waals surface area contributed by atoms with Gasteiger partial charge in [-0.1, -0.05) is 0 Å². The van der Waals surface area contributed by atoms with Gasteiger partial charge in [0.05, 0.1) is 19.3 Å². The van der Waals surface area contributed by atoms with Gasteiger partial charge in [0.25, 0.3) is 5.56 Å². The minimum atomic E-state index is -0.276. The molecule has 5 heteroatoms. The zero-order valence-corrected chi connectivity index (χ0v) is 9.97. The minimum absolute atomic E-state index is 0.104. The molecule has 0 bridgehead atoms. The highest BCUT2D eigenvalue weighted by Gasteiger charge is 2.04. The zero-order valence-electron chi connectivity index (χ0n) is 9.97. The first-order chi connectivity index (χ1) is 7.56. The van der Waals surface area contributed by atoms with E-state index in [-0.39, 0.29) is 17.4 Å². The molecular formula is C11H18N2O3. The van der Waals surface area contributed by atoms with E-state index in [0.717, 1.165) is 0 Å². The van der Waals surface area contributed by atoms with Crippen LogP contribution in [-0.4, -0.2) is 21.8 Å². The minimum Gasteiger partial charge on any atom is -0.377 e. The highest BCUT2D eigenvalue weighted by molar-refractivity contribution is 4.86. The first-order valence-corrected chi connectivity index (χ1v) is 5.48. The third-order valence-corrected chi connectivity index (χ3v) is 2.25. The Balaban J connectivity index is 2.87. The van der Waals surface area contributed by atoms with Crippen LogP contribution in [0.5, 0.6) is 0 Å². The second kappa shape index (κ2) is 5.65. The van der Waals surface area contributed by atoms with E-state index in [0.29, 0.717) is 19.7 Å². The summed E-state index contributed by atoms with van der Waals surface area (Å²) in [5.41, 5.74) is -0.551. The predicted molar refractivity (Wildman–Crippen MR) is 61.7 cm³/mol. The molecular weight excluding hydrogens is 208 g/mol. The summed E-state index contributed by atoms with van der Waals surface area (Å²) in [4.78, 5) is 23.2. The Morgan fingerprint density at radius 1 is 1.38 bits per heavy atom. The lowest BCUT2D eigenvalue weighted by molar-refractivity contribution is 0.0713. The summed E-state index contributed by atoms with van der Waals surface area (Å²) >= 11 is 0. The Kier molecular flexibility index (Phi) is 4.49. The molecule has 0 N–H and O–H groups in total. The monoisotopic (exact) mass is 226 g/mol. The van der Waals surface area contributed by atoms with Crippen LogP contribution >= 0.6 is 0 Å². The van der Waals surface area contributed by atoms with Crippen molar-refractivity contribution in [1.82, 2.24) is 9.13 Å². The number of hydrogen-bond acceptors (Lipinski definition) is 3. The fourth-order valence-electron chi connectivity index (χ4n) is 1.38. The molecule has 1 heterocycles. The number of aromatic nitrogens is 2. The molecule has 0 fully saturated rings. The maximum atomic E-state index is 11.8. The van der Waals surface area contributed by atoms with Crippen LogP contribution in [-0.2, 0) is 17.8 Å². The van der Waals surface area contributed by atoms with Crippen LogP contribution in [0.3, 0.4) is 0 Å². The molecule has 1 aromatic heterocycles. The average molecular weight is 226 g/mol. The molecule has 0 spiro atoms. The van der Waals surface area contributed by atoms with Gasteiger partial charge in [-0.15, -0.1) is 0 Å². The van der Waals surface area contributed by atoms with E-state index in [4.69, 9.17) is 4.74 Å². The smallest absolute Gasteiger partial charge is 0.331 e. The van der Waals surface area contributed by atoms with Crippen LogP contribution < -0.4 is 11.2 Å². The Labute approximate surface area is 94.3 Å². The van der Waals surface area contributed by atoms with Crippen LogP contribution in [0.1, 0.15) is 20.8 Å². The van der Waals surface area contributed by atoms with E-state index in [1.165, 1.54) is 21.4 Å². The van der Waals surface area contributed by atoms with Crippen LogP contribution in [0, 0.1) is 0 Å². The normalized spacial score (nSPS) is 11.0. The van der Waals surface area contributed by atoms with E-state index in [1.54, 1.807) is 0 Å². The van der Waals surface area contributed by atoms with Gasteiger partial charge in [-0.05, 0) is 20.8 Å². The van der Waals surface area contributed by atoms with Crippen LogP contribution in [0.15, 0.2) is 21.9 Å². The summed E-state index contributed by atoms with van der Waals surface area (Å²) in [5.74, 6) is 0. The molecule has 1 aromatic rings. The van der Waals surface area contributed by atoms with Crippen molar-refractivity contribution < 1.29 is 4.74 Å². The number of ether oxygens (including phenoxy) is 1. The number of aryl methyl sites for hydroxylation is 1. The number of hydrogen-bond donors (Lipinski definition) is 0. The van der Waals surface area contributed by atoms with Gasteiger partial charge < -0.3 is 9.30 Å². The Bertz CT molecular complexity index is 445. The summed E-state index contributed by atoms with van der Waals surface area (Å²) in [6, 6.07) is 1.40. The molecule has 0 amide bonds. The third-order valence-electron chi connectivity index (χ3n) is 2.25. The van der Waals surface area contributed by atoms with E-state index in [2.05, 4.69) is 0 Å². The highest BCUT2D eigenvalue weighted by atomic mass is 16.5. The molecule has 0 aliphatic carbocycles. The van der Waals surface area contributed by atoms with Crippen molar-refractivity contribution in [2.75, 3.05) is 6.61 Å². The van der Waals surface area contributed by atoms with Gasteiger partial charge in [0.15, 0.2) is 0 Å². The first kappa shape index (κ1) is 12.7. The molecule has 16 heavy (non-hydrogen) atoms. The molecule has 0 radical (unpaired) electrons. The Hall–Kier alpha value is -1.36. The van der Waals surface area contributed by atoms with E-state index in [9.17, 15) is 9.59 Å². The summed E-state index contributed by atoms with van der Waals surface area (Å²) in [6.45, 7) is 6.93. The van der Waals surface area contributed by atoms with Crippen molar-refractivity contribution in [2.24, 2.45) is 0 Å². The summed E-state index contributed by atoms with van der Waals surface area (Å²) in [7, 11) is 0. The van der Waals surface area contributed by atoms with Crippen molar-refractivity contribution in [2.45, 2.75) is 40.0 Å². The predicted octanol–water partition coefficient (Wildman–Crippen LogP) is 0.455.